The van der Waals surface area contributed by atoms with Crippen molar-refractivity contribution < 1.29 is 19.0 Å². The second kappa shape index (κ2) is 8.32. The first-order valence-electron chi connectivity index (χ1n) is 6.01. The summed E-state index contributed by atoms with van der Waals surface area (Å²) in [5.41, 5.74) is 6.59. The van der Waals surface area contributed by atoms with Crippen LogP contribution in [0.3, 0.4) is 0 Å². The molecule has 0 amide bonds. The van der Waals surface area contributed by atoms with Crippen molar-refractivity contribution in [3.63, 3.8) is 0 Å². The van der Waals surface area contributed by atoms with Crippen LogP contribution in [0.15, 0.2) is 12.1 Å². The molecule has 5 nitrogen and oxygen atoms in total. The molecular weight excluding hydrogens is 305 g/mol. The number of halogens is 2. The first-order chi connectivity index (χ1) is 9.49. The van der Waals surface area contributed by atoms with Crippen LogP contribution in [-0.4, -0.2) is 32.9 Å². The van der Waals surface area contributed by atoms with Gasteiger partial charge in [-0.1, -0.05) is 23.2 Å². The van der Waals surface area contributed by atoms with Crippen LogP contribution in [0.25, 0.3) is 0 Å². The van der Waals surface area contributed by atoms with Gasteiger partial charge in [0.05, 0.1) is 31.4 Å². The standard InChI is InChI=1S/C13H17Cl2NO4/c1-3-20-12-5-9(14)8(4-10(12)15)11(16)6-19-7-13(17)18-2/h4-5,11H,3,6-7,16H2,1-2H3. The van der Waals surface area contributed by atoms with Crippen molar-refractivity contribution >= 4 is 29.2 Å². The minimum atomic E-state index is -0.500. The molecule has 0 heterocycles. The van der Waals surface area contributed by atoms with Crippen LogP contribution in [0.1, 0.15) is 18.5 Å². The molecule has 0 saturated heterocycles. The molecule has 1 aromatic carbocycles. The molecule has 0 aliphatic rings. The predicted octanol–water partition coefficient (Wildman–Crippen LogP) is 2.58. The van der Waals surface area contributed by atoms with E-state index in [1.54, 1.807) is 12.1 Å². The average Bonchev–Trinajstić information content (AvgIpc) is 2.42. The van der Waals surface area contributed by atoms with Gasteiger partial charge in [-0.2, -0.15) is 0 Å². The van der Waals surface area contributed by atoms with Crippen LogP contribution < -0.4 is 10.5 Å². The third-order valence-electron chi connectivity index (χ3n) is 2.50. The molecule has 0 spiro atoms. The Hall–Kier alpha value is -1.01. The highest BCUT2D eigenvalue weighted by Crippen LogP contribution is 2.33. The van der Waals surface area contributed by atoms with Crippen LogP contribution in [0.5, 0.6) is 5.75 Å². The van der Waals surface area contributed by atoms with Crippen LogP contribution in [-0.2, 0) is 14.3 Å². The number of esters is 1. The Morgan fingerprint density at radius 2 is 2.05 bits per heavy atom. The lowest BCUT2D eigenvalue weighted by Crippen LogP contribution is -2.20. The van der Waals surface area contributed by atoms with Gasteiger partial charge in [-0.25, -0.2) is 4.79 Å². The number of carbonyl (C=O) groups is 1. The summed E-state index contributed by atoms with van der Waals surface area (Å²) in [4.78, 5) is 10.9. The van der Waals surface area contributed by atoms with Crippen molar-refractivity contribution in [2.75, 3.05) is 26.9 Å². The number of hydrogen-bond acceptors (Lipinski definition) is 5. The molecule has 1 atom stereocenters. The largest absolute Gasteiger partial charge is 0.492 e. The average molecular weight is 322 g/mol. The maximum absolute atomic E-state index is 10.9. The van der Waals surface area contributed by atoms with Crippen molar-refractivity contribution in [3.8, 4) is 5.75 Å². The highest BCUT2D eigenvalue weighted by atomic mass is 35.5. The summed E-state index contributed by atoms with van der Waals surface area (Å²) in [5, 5.41) is 0.863. The van der Waals surface area contributed by atoms with E-state index in [4.69, 9.17) is 38.4 Å². The minimum absolute atomic E-state index is 0.124. The first kappa shape index (κ1) is 17.0. The minimum Gasteiger partial charge on any atom is -0.492 e. The van der Waals surface area contributed by atoms with E-state index in [0.29, 0.717) is 28.0 Å². The van der Waals surface area contributed by atoms with E-state index >= 15 is 0 Å². The molecule has 0 bridgehead atoms. The SMILES string of the molecule is CCOc1cc(Cl)c(C(N)COCC(=O)OC)cc1Cl. The van der Waals surface area contributed by atoms with Gasteiger partial charge in [-0.05, 0) is 18.6 Å². The lowest BCUT2D eigenvalue weighted by Gasteiger charge is -2.16. The Labute approximate surface area is 127 Å². The van der Waals surface area contributed by atoms with Gasteiger partial charge in [0.2, 0.25) is 0 Å². The topological polar surface area (TPSA) is 70.8 Å². The molecule has 0 aliphatic heterocycles. The summed E-state index contributed by atoms with van der Waals surface area (Å²) in [6, 6.07) is 2.75. The highest BCUT2D eigenvalue weighted by molar-refractivity contribution is 6.34. The van der Waals surface area contributed by atoms with Crippen molar-refractivity contribution in [2.24, 2.45) is 5.73 Å². The van der Waals surface area contributed by atoms with Gasteiger partial charge in [0.15, 0.2) is 0 Å². The summed E-state index contributed by atoms with van der Waals surface area (Å²) in [6.07, 6.45) is 0. The second-order valence-corrected chi connectivity index (χ2v) is 4.75. The molecule has 0 fully saturated rings. The Kier molecular flexibility index (Phi) is 7.09. The molecule has 20 heavy (non-hydrogen) atoms. The zero-order chi connectivity index (χ0) is 15.1. The van der Waals surface area contributed by atoms with Gasteiger partial charge in [0.1, 0.15) is 12.4 Å². The summed E-state index contributed by atoms with van der Waals surface area (Å²) >= 11 is 12.2. The zero-order valence-electron chi connectivity index (χ0n) is 11.3. The Bertz CT molecular complexity index is 468. The molecule has 112 valence electrons. The molecule has 0 aromatic heterocycles. The lowest BCUT2D eigenvalue weighted by molar-refractivity contribution is -0.146. The molecular formula is C13H17Cl2NO4. The Morgan fingerprint density at radius 3 is 2.65 bits per heavy atom. The number of nitrogens with two attached hydrogens (primary N) is 1. The van der Waals surface area contributed by atoms with Crippen LogP contribution in [0.4, 0.5) is 0 Å². The third kappa shape index (κ3) is 4.83. The predicted molar refractivity (Wildman–Crippen MR) is 77.4 cm³/mol. The molecule has 2 N–H and O–H groups in total. The monoisotopic (exact) mass is 321 g/mol. The number of ether oxygens (including phenoxy) is 3. The van der Waals surface area contributed by atoms with Gasteiger partial charge in [0, 0.05) is 11.1 Å². The summed E-state index contributed by atoms with van der Waals surface area (Å²) in [5.74, 6) is 0.0404. The smallest absolute Gasteiger partial charge is 0.331 e. The molecule has 0 radical (unpaired) electrons. The van der Waals surface area contributed by atoms with E-state index in [1.807, 2.05) is 6.92 Å². The quantitative estimate of drug-likeness (QED) is 0.781. The van der Waals surface area contributed by atoms with Crippen molar-refractivity contribution in [1.29, 1.82) is 0 Å². The highest BCUT2D eigenvalue weighted by Gasteiger charge is 2.15. The number of methoxy groups -OCH3 is 1. The maximum Gasteiger partial charge on any atom is 0.331 e. The zero-order valence-corrected chi connectivity index (χ0v) is 12.8. The number of carbonyl (C=O) groups excluding carboxylic acids is 1. The van der Waals surface area contributed by atoms with Crippen LogP contribution in [0.2, 0.25) is 10.0 Å². The van der Waals surface area contributed by atoms with E-state index in [0.717, 1.165) is 0 Å². The summed E-state index contributed by atoms with van der Waals surface area (Å²) < 4.78 is 14.9. The number of benzene rings is 1. The van der Waals surface area contributed by atoms with Crippen LogP contribution >= 0.6 is 23.2 Å². The molecule has 0 aliphatic carbocycles. The van der Waals surface area contributed by atoms with E-state index in [2.05, 4.69) is 4.74 Å². The van der Waals surface area contributed by atoms with E-state index < -0.39 is 12.0 Å². The summed E-state index contributed by atoms with van der Waals surface area (Å²) in [6.45, 7) is 2.31. The van der Waals surface area contributed by atoms with E-state index in [1.165, 1.54) is 7.11 Å². The van der Waals surface area contributed by atoms with Gasteiger partial charge < -0.3 is 19.9 Å². The van der Waals surface area contributed by atoms with Gasteiger partial charge in [0.25, 0.3) is 0 Å². The fraction of sp³-hybridized carbons (Fsp3) is 0.462. The fourth-order valence-corrected chi connectivity index (χ4v) is 2.03. The van der Waals surface area contributed by atoms with Gasteiger partial charge in [-0.3, -0.25) is 0 Å². The van der Waals surface area contributed by atoms with Crippen molar-refractivity contribution in [2.45, 2.75) is 13.0 Å². The lowest BCUT2D eigenvalue weighted by atomic mass is 10.1. The van der Waals surface area contributed by atoms with Crippen molar-refractivity contribution in [3.05, 3.63) is 27.7 Å². The van der Waals surface area contributed by atoms with E-state index in [-0.39, 0.29) is 13.2 Å². The van der Waals surface area contributed by atoms with Crippen molar-refractivity contribution in [1.82, 2.24) is 0 Å². The number of hydrogen-bond donors (Lipinski definition) is 1. The summed E-state index contributed by atoms with van der Waals surface area (Å²) in [7, 11) is 1.29. The molecule has 1 rings (SSSR count). The normalized spacial score (nSPS) is 12.1. The second-order valence-electron chi connectivity index (χ2n) is 3.93. The molecule has 1 aromatic rings. The third-order valence-corrected chi connectivity index (χ3v) is 3.12. The molecule has 7 heteroatoms. The maximum atomic E-state index is 10.9. The van der Waals surface area contributed by atoms with Gasteiger partial charge >= 0.3 is 5.97 Å². The van der Waals surface area contributed by atoms with Gasteiger partial charge in [-0.15, -0.1) is 0 Å². The number of rotatable bonds is 7. The molecule has 0 saturated carbocycles. The van der Waals surface area contributed by atoms with E-state index in [9.17, 15) is 4.79 Å². The van der Waals surface area contributed by atoms with Crippen LogP contribution in [0, 0.1) is 0 Å². The molecule has 1 unspecified atom stereocenters. The fourth-order valence-electron chi connectivity index (χ4n) is 1.51. The Morgan fingerprint density at radius 1 is 1.35 bits per heavy atom. The first-order valence-corrected chi connectivity index (χ1v) is 6.77. The Balaban J connectivity index is 2.70.